The van der Waals surface area contributed by atoms with Gasteiger partial charge in [-0.25, -0.2) is 0 Å². The van der Waals surface area contributed by atoms with Gasteiger partial charge in [0.15, 0.2) is 5.82 Å². The highest BCUT2D eigenvalue weighted by Crippen LogP contribution is 2.16. The molecule has 0 spiro atoms. The van der Waals surface area contributed by atoms with Gasteiger partial charge < -0.3 is 11.1 Å². The number of hydrogen-bond donors (Lipinski definition) is 3. The molecule has 1 aliphatic rings. The average molecular weight is 205 g/mol. The topological polar surface area (TPSA) is 90.5 Å². The summed E-state index contributed by atoms with van der Waals surface area (Å²) in [6.07, 6.45) is 4.35. The van der Waals surface area contributed by atoms with E-state index >= 15 is 0 Å². The van der Waals surface area contributed by atoms with Crippen molar-refractivity contribution < 1.29 is 0 Å². The summed E-state index contributed by atoms with van der Waals surface area (Å²) in [4.78, 5) is 0. The normalized spacial score (nSPS) is 20.3. The summed E-state index contributed by atoms with van der Waals surface area (Å²) in [5.74, 6) is 0.312. The molecule has 1 aromatic rings. The van der Waals surface area contributed by atoms with Crippen LogP contribution in [-0.4, -0.2) is 22.8 Å². The minimum Gasteiger partial charge on any atom is -0.381 e. The smallest absolute Gasteiger partial charge is 0.163 e. The van der Waals surface area contributed by atoms with Crippen molar-refractivity contribution in [1.29, 1.82) is 5.26 Å². The van der Waals surface area contributed by atoms with Crippen LogP contribution in [0, 0.1) is 11.3 Å². The molecule has 1 aromatic heterocycles. The van der Waals surface area contributed by atoms with Crippen LogP contribution in [0.5, 0.6) is 0 Å². The second-order valence-corrected chi connectivity index (χ2v) is 3.91. The lowest BCUT2D eigenvalue weighted by atomic mass is 10.1. The van der Waals surface area contributed by atoms with Gasteiger partial charge in [-0.15, -0.1) is 0 Å². The van der Waals surface area contributed by atoms with Crippen LogP contribution in [0.15, 0.2) is 0 Å². The van der Waals surface area contributed by atoms with Crippen molar-refractivity contribution in [3.63, 3.8) is 0 Å². The fraction of sp³-hybridized carbons (Fsp3) is 0.600. The first-order valence-corrected chi connectivity index (χ1v) is 5.27. The van der Waals surface area contributed by atoms with Gasteiger partial charge in [0, 0.05) is 6.04 Å². The number of nitrogen functional groups attached to an aromatic ring is 1. The lowest BCUT2D eigenvalue weighted by Gasteiger charge is -2.08. The standard InChI is InChI=1S/C10H15N5/c11-6-8-9(14-15-10(8)12)4-3-7-2-1-5-13-7/h7,13H,1-5H2,(H3,12,14,15). The highest BCUT2D eigenvalue weighted by Gasteiger charge is 2.16. The van der Waals surface area contributed by atoms with Crippen LogP contribution in [0.25, 0.3) is 0 Å². The van der Waals surface area contributed by atoms with Gasteiger partial charge in [0.25, 0.3) is 0 Å². The molecular formula is C10H15N5. The van der Waals surface area contributed by atoms with E-state index in [0.29, 0.717) is 17.4 Å². The molecule has 1 saturated heterocycles. The van der Waals surface area contributed by atoms with Crippen molar-refractivity contribution >= 4 is 5.82 Å². The Hall–Kier alpha value is -1.54. The van der Waals surface area contributed by atoms with E-state index in [1.807, 2.05) is 0 Å². The number of nitrogens with zero attached hydrogens (tertiary/aromatic N) is 2. The summed E-state index contributed by atoms with van der Waals surface area (Å²) in [7, 11) is 0. The number of rotatable bonds is 3. The van der Waals surface area contributed by atoms with Gasteiger partial charge in [-0.05, 0) is 32.2 Å². The summed E-state index contributed by atoms with van der Waals surface area (Å²) in [5, 5.41) is 19.0. The number of aromatic amines is 1. The molecule has 0 saturated carbocycles. The molecule has 15 heavy (non-hydrogen) atoms. The van der Waals surface area contributed by atoms with Crippen LogP contribution < -0.4 is 11.1 Å². The molecule has 0 bridgehead atoms. The molecule has 2 rings (SSSR count). The third kappa shape index (κ3) is 2.10. The molecule has 80 valence electrons. The van der Waals surface area contributed by atoms with Gasteiger partial charge in [0.2, 0.25) is 0 Å². The van der Waals surface area contributed by atoms with Crippen LogP contribution in [-0.2, 0) is 6.42 Å². The summed E-state index contributed by atoms with van der Waals surface area (Å²) in [6.45, 7) is 1.11. The summed E-state index contributed by atoms with van der Waals surface area (Å²) >= 11 is 0. The van der Waals surface area contributed by atoms with E-state index in [9.17, 15) is 0 Å². The zero-order valence-electron chi connectivity index (χ0n) is 8.58. The van der Waals surface area contributed by atoms with E-state index in [1.54, 1.807) is 0 Å². The zero-order chi connectivity index (χ0) is 10.7. The van der Waals surface area contributed by atoms with E-state index in [-0.39, 0.29) is 0 Å². The number of aryl methyl sites for hydroxylation is 1. The Morgan fingerprint density at radius 3 is 3.13 bits per heavy atom. The Labute approximate surface area is 88.7 Å². The summed E-state index contributed by atoms with van der Waals surface area (Å²) in [6, 6.07) is 2.66. The van der Waals surface area contributed by atoms with E-state index in [0.717, 1.165) is 25.1 Å². The molecule has 0 aliphatic carbocycles. The molecule has 0 radical (unpaired) electrons. The molecule has 5 heteroatoms. The molecule has 0 amide bonds. The van der Waals surface area contributed by atoms with Crippen LogP contribution in [0.3, 0.4) is 0 Å². The van der Waals surface area contributed by atoms with Crippen LogP contribution in [0.2, 0.25) is 0 Å². The number of H-pyrrole nitrogens is 1. The Kier molecular flexibility index (Phi) is 2.88. The fourth-order valence-corrected chi connectivity index (χ4v) is 2.02. The maximum Gasteiger partial charge on any atom is 0.163 e. The Morgan fingerprint density at radius 2 is 2.47 bits per heavy atom. The molecule has 1 aliphatic heterocycles. The summed E-state index contributed by atoms with van der Waals surface area (Å²) in [5.41, 5.74) is 6.93. The van der Waals surface area contributed by atoms with Crippen molar-refractivity contribution in [2.45, 2.75) is 31.7 Å². The second-order valence-electron chi connectivity index (χ2n) is 3.91. The van der Waals surface area contributed by atoms with Gasteiger partial charge in [0.05, 0.1) is 5.69 Å². The van der Waals surface area contributed by atoms with Gasteiger partial charge in [-0.1, -0.05) is 0 Å². The maximum atomic E-state index is 8.87. The number of hydrogen-bond acceptors (Lipinski definition) is 4. The third-order valence-electron chi connectivity index (χ3n) is 2.89. The SMILES string of the molecule is N#Cc1c(N)n[nH]c1CCC1CCCN1. The van der Waals surface area contributed by atoms with Crippen molar-refractivity contribution in [3.05, 3.63) is 11.3 Å². The fourth-order valence-electron chi connectivity index (χ4n) is 2.02. The van der Waals surface area contributed by atoms with Gasteiger partial charge in [-0.2, -0.15) is 10.4 Å². The van der Waals surface area contributed by atoms with Crippen molar-refractivity contribution in [2.75, 3.05) is 12.3 Å². The summed E-state index contributed by atoms with van der Waals surface area (Å²) < 4.78 is 0. The minimum atomic E-state index is 0.312. The quantitative estimate of drug-likeness (QED) is 0.672. The predicted octanol–water partition coefficient (Wildman–Crippen LogP) is 0.548. The number of nitrogens with two attached hydrogens (primary N) is 1. The lowest BCUT2D eigenvalue weighted by molar-refractivity contribution is 0.555. The van der Waals surface area contributed by atoms with Gasteiger partial charge in [0.1, 0.15) is 11.6 Å². The largest absolute Gasteiger partial charge is 0.381 e. The monoisotopic (exact) mass is 205 g/mol. The molecule has 4 N–H and O–H groups in total. The number of anilines is 1. The predicted molar refractivity (Wildman–Crippen MR) is 57.1 cm³/mol. The average Bonchev–Trinajstić information content (AvgIpc) is 2.84. The molecule has 2 heterocycles. The Morgan fingerprint density at radius 1 is 1.60 bits per heavy atom. The Balaban J connectivity index is 1.95. The van der Waals surface area contributed by atoms with Crippen LogP contribution in [0.4, 0.5) is 5.82 Å². The van der Waals surface area contributed by atoms with Crippen molar-refractivity contribution in [3.8, 4) is 6.07 Å². The third-order valence-corrected chi connectivity index (χ3v) is 2.89. The number of nitriles is 1. The van der Waals surface area contributed by atoms with E-state index in [1.165, 1.54) is 12.8 Å². The molecule has 0 aromatic carbocycles. The first-order valence-electron chi connectivity index (χ1n) is 5.27. The number of aromatic nitrogens is 2. The number of nitrogens with one attached hydrogen (secondary N) is 2. The highest BCUT2D eigenvalue weighted by molar-refractivity contribution is 5.50. The van der Waals surface area contributed by atoms with Gasteiger partial charge >= 0.3 is 0 Å². The van der Waals surface area contributed by atoms with Crippen LogP contribution >= 0.6 is 0 Å². The Bertz CT molecular complexity index is 370. The molecule has 1 unspecified atom stereocenters. The van der Waals surface area contributed by atoms with Gasteiger partial charge in [-0.3, -0.25) is 5.10 Å². The van der Waals surface area contributed by atoms with Crippen LogP contribution in [0.1, 0.15) is 30.5 Å². The van der Waals surface area contributed by atoms with Crippen molar-refractivity contribution in [2.24, 2.45) is 0 Å². The first-order chi connectivity index (χ1) is 7.31. The molecule has 1 atom stereocenters. The molecular weight excluding hydrogens is 190 g/mol. The van der Waals surface area contributed by atoms with E-state index in [2.05, 4.69) is 21.6 Å². The first kappa shape index (κ1) is 9.99. The van der Waals surface area contributed by atoms with E-state index < -0.39 is 0 Å². The zero-order valence-corrected chi connectivity index (χ0v) is 8.58. The lowest BCUT2D eigenvalue weighted by Crippen LogP contribution is -2.21. The highest BCUT2D eigenvalue weighted by atomic mass is 15.2. The maximum absolute atomic E-state index is 8.87. The van der Waals surface area contributed by atoms with Crippen molar-refractivity contribution in [1.82, 2.24) is 15.5 Å². The van der Waals surface area contributed by atoms with E-state index in [4.69, 9.17) is 11.0 Å². The second kappa shape index (κ2) is 4.32. The minimum absolute atomic E-state index is 0.312. The molecule has 5 nitrogen and oxygen atoms in total. The molecule has 1 fully saturated rings.